The van der Waals surface area contributed by atoms with Crippen LogP contribution in [0.25, 0.3) is 0 Å². The molecule has 1 heteroatoms. The van der Waals surface area contributed by atoms with E-state index in [0.717, 1.165) is 6.54 Å². The van der Waals surface area contributed by atoms with Crippen molar-refractivity contribution in [2.24, 2.45) is 0 Å². The lowest BCUT2D eigenvalue weighted by molar-refractivity contribution is 0.360. The van der Waals surface area contributed by atoms with E-state index < -0.39 is 0 Å². The van der Waals surface area contributed by atoms with Gasteiger partial charge >= 0.3 is 0 Å². The fourth-order valence-electron chi connectivity index (χ4n) is 2.30. The van der Waals surface area contributed by atoms with Crippen molar-refractivity contribution < 1.29 is 0 Å². The molecule has 0 spiro atoms. The molecule has 0 amide bonds. The Kier molecular flexibility index (Phi) is 11.0. The van der Waals surface area contributed by atoms with E-state index in [2.05, 4.69) is 33.0 Å². The lowest BCUT2D eigenvalue weighted by atomic mass is 9.96. The summed E-state index contributed by atoms with van der Waals surface area (Å²) in [5, 5.41) is 3.44. The minimum Gasteiger partial charge on any atom is -0.312 e. The van der Waals surface area contributed by atoms with Crippen LogP contribution in [0.3, 0.4) is 0 Å². The molecule has 1 N–H and O–H groups in total. The number of unbranched alkanes of at least 4 members (excludes halogenated alkanes) is 8. The van der Waals surface area contributed by atoms with Gasteiger partial charge < -0.3 is 5.32 Å². The van der Waals surface area contributed by atoms with Gasteiger partial charge in [-0.15, -0.1) is 0 Å². The second kappa shape index (κ2) is 11.1. The average molecular weight is 240 g/mol. The van der Waals surface area contributed by atoms with E-state index in [1.165, 1.54) is 64.2 Å². The van der Waals surface area contributed by atoms with Crippen molar-refractivity contribution in [3.05, 3.63) is 6.92 Å². The summed E-state index contributed by atoms with van der Waals surface area (Å²) in [5.41, 5.74) is 0.281. The van der Waals surface area contributed by atoms with Gasteiger partial charge in [0.1, 0.15) is 0 Å². The van der Waals surface area contributed by atoms with Crippen LogP contribution in [0, 0.1) is 6.92 Å². The van der Waals surface area contributed by atoms with Crippen LogP contribution in [0.4, 0.5) is 0 Å². The molecule has 0 heterocycles. The maximum Gasteiger partial charge on any atom is 0.0125 e. The molecule has 0 aliphatic carbocycles. The highest BCUT2D eigenvalue weighted by atomic mass is 14.9. The number of rotatable bonds is 12. The maximum atomic E-state index is 3.85. The Morgan fingerprint density at radius 1 is 0.824 bits per heavy atom. The SMILES string of the molecule is [CH2]CNC(C)(C)CCCCCCCCCCC. The van der Waals surface area contributed by atoms with Crippen molar-refractivity contribution in [2.75, 3.05) is 6.54 Å². The first kappa shape index (κ1) is 17.0. The molecule has 0 aromatic heterocycles. The largest absolute Gasteiger partial charge is 0.312 e. The van der Waals surface area contributed by atoms with Crippen molar-refractivity contribution in [1.82, 2.24) is 5.32 Å². The third-order valence-electron chi connectivity index (χ3n) is 3.51. The van der Waals surface area contributed by atoms with E-state index in [9.17, 15) is 0 Å². The van der Waals surface area contributed by atoms with Gasteiger partial charge in [-0.05, 0) is 33.7 Å². The van der Waals surface area contributed by atoms with Gasteiger partial charge in [0, 0.05) is 5.54 Å². The lowest BCUT2D eigenvalue weighted by Crippen LogP contribution is -2.38. The molecule has 0 saturated carbocycles. The molecule has 0 bridgehead atoms. The van der Waals surface area contributed by atoms with Gasteiger partial charge in [0.15, 0.2) is 0 Å². The molecule has 0 atom stereocenters. The molecule has 0 aromatic rings. The monoisotopic (exact) mass is 240 g/mol. The van der Waals surface area contributed by atoms with Crippen LogP contribution < -0.4 is 5.32 Å². The Labute approximate surface area is 110 Å². The van der Waals surface area contributed by atoms with Crippen LogP contribution in [0.5, 0.6) is 0 Å². The van der Waals surface area contributed by atoms with E-state index in [0.29, 0.717) is 0 Å². The van der Waals surface area contributed by atoms with Crippen LogP contribution in [-0.2, 0) is 0 Å². The molecule has 0 aliphatic heterocycles. The quantitative estimate of drug-likeness (QED) is 0.467. The summed E-state index contributed by atoms with van der Waals surface area (Å²) in [6, 6.07) is 0. The van der Waals surface area contributed by atoms with Crippen LogP contribution in [0.1, 0.15) is 85.0 Å². The molecule has 17 heavy (non-hydrogen) atoms. The zero-order valence-corrected chi connectivity index (χ0v) is 12.5. The first-order valence-corrected chi connectivity index (χ1v) is 7.66. The van der Waals surface area contributed by atoms with Crippen LogP contribution in [0.15, 0.2) is 0 Å². The van der Waals surface area contributed by atoms with Gasteiger partial charge in [-0.3, -0.25) is 0 Å². The first-order chi connectivity index (χ1) is 8.12. The molecule has 0 aromatic carbocycles. The Morgan fingerprint density at radius 2 is 1.29 bits per heavy atom. The highest BCUT2D eigenvalue weighted by Gasteiger charge is 2.14. The van der Waals surface area contributed by atoms with E-state index in [4.69, 9.17) is 0 Å². The molecular formula is C16H34N. The highest BCUT2D eigenvalue weighted by Crippen LogP contribution is 2.15. The molecule has 0 fully saturated rings. The van der Waals surface area contributed by atoms with Gasteiger partial charge in [0.05, 0.1) is 0 Å². The van der Waals surface area contributed by atoms with Crippen molar-refractivity contribution in [3.8, 4) is 0 Å². The topological polar surface area (TPSA) is 12.0 Å². The fraction of sp³-hybridized carbons (Fsp3) is 0.938. The summed E-state index contributed by atoms with van der Waals surface area (Å²) in [6.45, 7) is 11.5. The second-order valence-electron chi connectivity index (χ2n) is 5.89. The summed E-state index contributed by atoms with van der Waals surface area (Å²) in [4.78, 5) is 0. The van der Waals surface area contributed by atoms with E-state index >= 15 is 0 Å². The molecule has 1 radical (unpaired) electrons. The predicted molar refractivity (Wildman–Crippen MR) is 79.3 cm³/mol. The summed E-state index contributed by atoms with van der Waals surface area (Å²) in [7, 11) is 0. The highest BCUT2D eigenvalue weighted by molar-refractivity contribution is 4.77. The third-order valence-corrected chi connectivity index (χ3v) is 3.51. The first-order valence-electron chi connectivity index (χ1n) is 7.66. The predicted octanol–water partition coefficient (Wildman–Crippen LogP) is 5.11. The molecular weight excluding hydrogens is 206 g/mol. The standard InChI is InChI=1S/C16H34N/c1-5-7-8-9-10-11-12-13-14-15-16(3,4)17-6-2/h17H,2,5-15H2,1,3-4H3. The second-order valence-corrected chi connectivity index (χ2v) is 5.89. The van der Waals surface area contributed by atoms with Crippen LogP contribution in [0.2, 0.25) is 0 Å². The van der Waals surface area contributed by atoms with E-state index in [1.54, 1.807) is 0 Å². The number of hydrogen-bond acceptors (Lipinski definition) is 1. The van der Waals surface area contributed by atoms with E-state index in [1.807, 2.05) is 0 Å². The van der Waals surface area contributed by atoms with Crippen molar-refractivity contribution in [3.63, 3.8) is 0 Å². The molecule has 0 unspecified atom stereocenters. The Morgan fingerprint density at radius 3 is 1.76 bits per heavy atom. The van der Waals surface area contributed by atoms with E-state index in [-0.39, 0.29) is 5.54 Å². The summed E-state index contributed by atoms with van der Waals surface area (Å²) >= 11 is 0. The Balaban J connectivity index is 3.18. The maximum absolute atomic E-state index is 3.85. The van der Waals surface area contributed by atoms with Crippen LogP contribution >= 0.6 is 0 Å². The number of hydrogen-bond donors (Lipinski definition) is 1. The van der Waals surface area contributed by atoms with Gasteiger partial charge in [-0.1, -0.05) is 64.7 Å². The fourth-order valence-corrected chi connectivity index (χ4v) is 2.30. The smallest absolute Gasteiger partial charge is 0.0125 e. The number of nitrogens with one attached hydrogen (secondary N) is 1. The summed E-state index contributed by atoms with van der Waals surface area (Å²) in [5.74, 6) is 0. The zero-order valence-electron chi connectivity index (χ0n) is 12.5. The zero-order chi connectivity index (χ0) is 13.0. The van der Waals surface area contributed by atoms with Crippen molar-refractivity contribution in [1.29, 1.82) is 0 Å². The molecule has 103 valence electrons. The van der Waals surface area contributed by atoms with Gasteiger partial charge in [-0.2, -0.15) is 0 Å². The Hall–Kier alpha value is -0.0400. The minimum atomic E-state index is 0.281. The van der Waals surface area contributed by atoms with Crippen molar-refractivity contribution >= 4 is 0 Å². The summed E-state index contributed by atoms with van der Waals surface area (Å²) < 4.78 is 0. The van der Waals surface area contributed by atoms with Gasteiger partial charge in [-0.25, -0.2) is 0 Å². The Bertz CT molecular complexity index is 152. The van der Waals surface area contributed by atoms with Crippen molar-refractivity contribution in [2.45, 2.75) is 90.5 Å². The lowest BCUT2D eigenvalue weighted by Gasteiger charge is -2.25. The van der Waals surface area contributed by atoms with Gasteiger partial charge in [0.25, 0.3) is 0 Å². The average Bonchev–Trinajstić information content (AvgIpc) is 2.27. The minimum absolute atomic E-state index is 0.281. The third kappa shape index (κ3) is 12.2. The molecule has 0 rings (SSSR count). The normalized spacial score (nSPS) is 12.0. The van der Waals surface area contributed by atoms with Gasteiger partial charge in [0.2, 0.25) is 0 Å². The summed E-state index contributed by atoms with van der Waals surface area (Å²) in [6.07, 6.45) is 14.0. The van der Waals surface area contributed by atoms with Crippen LogP contribution in [-0.4, -0.2) is 12.1 Å². The molecule has 0 aliphatic rings. The molecule has 1 nitrogen and oxygen atoms in total. The molecule has 0 saturated heterocycles.